The van der Waals surface area contributed by atoms with Crippen molar-refractivity contribution in [1.82, 2.24) is 9.47 Å². The maximum absolute atomic E-state index is 13.3. The van der Waals surface area contributed by atoms with E-state index in [1.807, 2.05) is 6.08 Å². The lowest BCUT2D eigenvalue weighted by Crippen LogP contribution is -2.31. The summed E-state index contributed by atoms with van der Waals surface area (Å²) in [7, 11) is 1.71. The van der Waals surface area contributed by atoms with Crippen LogP contribution in [0.2, 0.25) is 0 Å². The molecule has 1 amide bonds. The maximum atomic E-state index is 13.3. The third kappa shape index (κ3) is 6.80. The Labute approximate surface area is 225 Å². The Hall–Kier alpha value is -2.11. The number of nitriles is 1. The van der Waals surface area contributed by atoms with Crippen molar-refractivity contribution in [2.45, 2.75) is 90.9 Å². The molecule has 0 aliphatic carbocycles. The number of thioether (sulfide) groups is 1. The molecular formula is C28H40N4O2S2. The van der Waals surface area contributed by atoms with E-state index in [1.54, 1.807) is 23.4 Å². The molecule has 3 heterocycles. The van der Waals surface area contributed by atoms with Crippen LogP contribution < -0.4 is 10.5 Å². The molecule has 0 N–H and O–H groups in total. The van der Waals surface area contributed by atoms with E-state index < -0.39 is 0 Å². The summed E-state index contributed by atoms with van der Waals surface area (Å²) in [6.07, 6.45) is 16.5. The lowest BCUT2D eigenvalue weighted by atomic mass is 10.0. The fourth-order valence-electron chi connectivity index (χ4n) is 5.10. The first-order chi connectivity index (χ1) is 17.4. The van der Waals surface area contributed by atoms with Gasteiger partial charge in [0.2, 0.25) is 0 Å². The molecular weight excluding hydrogens is 488 g/mol. The third-order valence-electron chi connectivity index (χ3n) is 7.26. The largest absolute Gasteiger partial charge is 0.357 e. The third-order valence-corrected chi connectivity index (χ3v) is 8.64. The van der Waals surface area contributed by atoms with Crippen molar-refractivity contribution in [1.29, 1.82) is 5.26 Å². The zero-order valence-electron chi connectivity index (χ0n) is 22.1. The average Bonchev–Trinajstić information content (AvgIpc) is 3.48. The quantitative estimate of drug-likeness (QED) is 0.170. The van der Waals surface area contributed by atoms with E-state index in [0.29, 0.717) is 21.3 Å². The predicted molar refractivity (Wildman–Crippen MR) is 154 cm³/mol. The molecule has 36 heavy (non-hydrogen) atoms. The Kier molecular flexibility index (Phi) is 11.1. The van der Waals surface area contributed by atoms with Crippen molar-refractivity contribution in [2.75, 3.05) is 24.5 Å². The number of anilines is 1. The Morgan fingerprint density at radius 1 is 1.00 bits per heavy atom. The van der Waals surface area contributed by atoms with Crippen LogP contribution in [-0.2, 0) is 11.8 Å². The fraction of sp³-hybridized carbons (Fsp3) is 0.643. The van der Waals surface area contributed by atoms with E-state index in [1.165, 1.54) is 63.1 Å². The number of hydrogen-bond acceptors (Lipinski definition) is 6. The molecule has 2 aliphatic heterocycles. The molecule has 0 unspecified atom stereocenters. The minimum atomic E-state index is -0.289. The van der Waals surface area contributed by atoms with Gasteiger partial charge in [-0.15, -0.1) is 0 Å². The molecule has 2 saturated heterocycles. The molecule has 1 aromatic heterocycles. The number of hydrogen-bond donors (Lipinski definition) is 0. The Morgan fingerprint density at radius 3 is 2.17 bits per heavy atom. The molecule has 8 heteroatoms. The zero-order valence-corrected chi connectivity index (χ0v) is 23.7. The fourth-order valence-corrected chi connectivity index (χ4v) is 6.39. The van der Waals surface area contributed by atoms with E-state index in [4.69, 9.17) is 12.2 Å². The van der Waals surface area contributed by atoms with Crippen LogP contribution in [-0.4, -0.2) is 39.3 Å². The number of pyridine rings is 1. The van der Waals surface area contributed by atoms with E-state index in [-0.39, 0.29) is 17.0 Å². The van der Waals surface area contributed by atoms with E-state index in [9.17, 15) is 14.9 Å². The first-order valence-corrected chi connectivity index (χ1v) is 14.8. The van der Waals surface area contributed by atoms with Crippen molar-refractivity contribution >= 4 is 46.1 Å². The molecule has 0 aromatic carbocycles. The predicted octanol–water partition coefficient (Wildman–Crippen LogP) is 6.29. The number of unbranched alkanes of at least 4 members (excludes halogenated alkanes) is 9. The Bertz CT molecular complexity index is 1080. The topological polar surface area (TPSA) is 69.3 Å². The van der Waals surface area contributed by atoms with Crippen LogP contribution in [0.4, 0.5) is 5.82 Å². The number of aromatic nitrogens is 1. The highest BCUT2D eigenvalue weighted by atomic mass is 32.2. The van der Waals surface area contributed by atoms with Crippen LogP contribution >= 0.6 is 24.0 Å². The Morgan fingerprint density at radius 2 is 1.58 bits per heavy atom. The molecule has 0 saturated carbocycles. The van der Waals surface area contributed by atoms with Crippen LogP contribution in [0.1, 0.15) is 101 Å². The van der Waals surface area contributed by atoms with Gasteiger partial charge in [-0.3, -0.25) is 19.1 Å². The van der Waals surface area contributed by atoms with Gasteiger partial charge in [0.15, 0.2) is 0 Å². The van der Waals surface area contributed by atoms with Gasteiger partial charge >= 0.3 is 0 Å². The average molecular weight is 529 g/mol. The summed E-state index contributed by atoms with van der Waals surface area (Å²) >= 11 is 6.88. The van der Waals surface area contributed by atoms with Gasteiger partial charge in [-0.2, -0.15) is 5.26 Å². The van der Waals surface area contributed by atoms with Crippen molar-refractivity contribution in [3.05, 3.63) is 31.9 Å². The molecule has 0 atom stereocenters. The molecule has 1 aromatic rings. The standard InChI is InChI=1S/C28H40N4O2S2/c1-4-5-6-7-8-9-10-11-12-13-18-32-27(34)24(36-28(32)35)19-22-21(2)23(20-29)26(33)30(3)25(22)31-16-14-15-17-31/h19H,4-18H2,1-3H3/b24-19+. The Balaban J connectivity index is 1.66. The van der Waals surface area contributed by atoms with Gasteiger partial charge in [0, 0.05) is 32.2 Å². The van der Waals surface area contributed by atoms with Crippen molar-refractivity contribution in [2.24, 2.45) is 7.05 Å². The lowest BCUT2D eigenvalue weighted by Gasteiger charge is -2.25. The maximum Gasteiger partial charge on any atom is 0.270 e. The van der Waals surface area contributed by atoms with Gasteiger partial charge in [-0.1, -0.05) is 88.7 Å². The summed E-state index contributed by atoms with van der Waals surface area (Å²) < 4.78 is 2.15. The van der Waals surface area contributed by atoms with Crippen LogP contribution in [0, 0.1) is 18.3 Å². The van der Waals surface area contributed by atoms with Gasteiger partial charge in [0.1, 0.15) is 21.8 Å². The first kappa shape index (κ1) is 28.5. The number of thiocarbonyl (C=S) groups is 1. The lowest BCUT2D eigenvalue weighted by molar-refractivity contribution is -0.122. The number of carbonyl (C=O) groups excluding carboxylic acids is 1. The highest BCUT2D eigenvalue weighted by Gasteiger charge is 2.33. The van der Waals surface area contributed by atoms with Crippen molar-refractivity contribution in [3.8, 4) is 6.07 Å². The number of amides is 1. The molecule has 0 bridgehead atoms. The summed E-state index contributed by atoms with van der Waals surface area (Å²) in [5.41, 5.74) is 1.24. The van der Waals surface area contributed by atoms with Gasteiger partial charge in [0.05, 0.1) is 4.91 Å². The molecule has 0 radical (unpaired) electrons. The highest BCUT2D eigenvalue weighted by Crippen LogP contribution is 2.36. The van der Waals surface area contributed by atoms with Gasteiger partial charge in [-0.05, 0) is 37.8 Å². The zero-order chi connectivity index (χ0) is 26.1. The van der Waals surface area contributed by atoms with Crippen molar-refractivity contribution < 1.29 is 4.79 Å². The van der Waals surface area contributed by atoms with E-state index >= 15 is 0 Å². The van der Waals surface area contributed by atoms with Crippen molar-refractivity contribution in [3.63, 3.8) is 0 Å². The van der Waals surface area contributed by atoms with Crippen LogP contribution in [0.15, 0.2) is 9.70 Å². The SMILES string of the molecule is CCCCCCCCCCCCN1C(=O)/C(=C\c2c(C)c(C#N)c(=O)n(C)c2N2CCCC2)SC1=S. The van der Waals surface area contributed by atoms with Crippen LogP contribution in [0.25, 0.3) is 6.08 Å². The summed E-state index contributed by atoms with van der Waals surface area (Å²) in [5.74, 6) is 0.717. The smallest absolute Gasteiger partial charge is 0.270 e. The number of rotatable bonds is 13. The van der Waals surface area contributed by atoms with Crippen LogP contribution in [0.5, 0.6) is 0 Å². The van der Waals surface area contributed by atoms with Gasteiger partial charge in [0.25, 0.3) is 11.5 Å². The number of carbonyl (C=O) groups is 1. The van der Waals surface area contributed by atoms with E-state index in [0.717, 1.165) is 50.2 Å². The minimum Gasteiger partial charge on any atom is -0.357 e. The van der Waals surface area contributed by atoms with Gasteiger partial charge in [-0.25, -0.2) is 0 Å². The first-order valence-electron chi connectivity index (χ1n) is 13.5. The molecule has 6 nitrogen and oxygen atoms in total. The molecule has 3 rings (SSSR count). The minimum absolute atomic E-state index is 0.0694. The molecule has 2 aliphatic rings. The summed E-state index contributed by atoms with van der Waals surface area (Å²) in [6.45, 7) is 6.41. The molecule has 196 valence electrons. The summed E-state index contributed by atoms with van der Waals surface area (Å²) in [6, 6.07) is 2.07. The summed E-state index contributed by atoms with van der Waals surface area (Å²) in [4.78, 5) is 30.6. The van der Waals surface area contributed by atoms with E-state index in [2.05, 4.69) is 17.9 Å². The second-order valence-electron chi connectivity index (χ2n) is 9.92. The monoisotopic (exact) mass is 528 g/mol. The molecule has 0 spiro atoms. The second kappa shape index (κ2) is 14.0. The normalized spacial score (nSPS) is 17.0. The van der Waals surface area contributed by atoms with Gasteiger partial charge < -0.3 is 4.90 Å². The highest BCUT2D eigenvalue weighted by molar-refractivity contribution is 8.26. The molecule has 2 fully saturated rings. The number of nitrogens with zero attached hydrogens (tertiary/aromatic N) is 4. The second-order valence-corrected chi connectivity index (χ2v) is 11.6. The van der Waals surface area contributed by atoms with Crippen LogP contribution in [0.3, 0.4) is 0 Å². The summed E-state index contributed by atoms with van der Waals surface area (Å²) in [5, 5.41) is 9.63.